The number of amides is 2. The summed E-state index contributed by atoms with van der Waals surface area (Å²) in [6.07, 6.45) is 0.139. The van der Waals surface area contributed by atoms with Crippen LogP contribution in [-0.4, -0.2) is 21.6 Å². The smallest absolute Gasteiger partial charge is 0.226 e. The van der Waals surface area contributed by atoms with E-state index in [0.29, 0.717) is 18.7 Å². The van der Waals surface area contributed by atoms with Crippen molar-refractivity contribution in [1.29, 1.82) is 0 Å². The number of carbonyl (C=O) groups is 2. The van der Waals surface area contributed by atoms with E-state index in [2.05, 4.69) is 16.0 Å². The van der Waals surface area contributed by atoms with Gasteiger partial charge in [-0.25, -0.2) is 4.68 Å². The van der Waals surface area contributed by atoms with Gasteiger partial charge < -0.3 is 10.6 Å². The highest BCUT2D eigenvalue weighted by Crippen LogP contribution is 2.30. The largest absolute Gasteiger partial charge is 0.322 e. The Morgan fingerprint density at radius 3 is 2.68 bits per heavy atom. The average Bonchev–Trinajstić information content (AvgIpc) is 3.36. The summed E-state index contributed by atoms with van der Waals surface area (Å²) in [7, 11) is 0. The van der Waals surface area contributed by atoms with Crippen LogP contribution in [0.5, 0.6) is 0 Å². The molecular weight excluding hydrogens is 410 g/mol. The first-order valence-electron chi connectivity index (χ1n) is 10.3. The number of carbonyl (C=O) groups excluding carboxylic acids is 2. The molecule has 2 atom stereocenters. The number of nitrogens with zero attached hydrogens (tertiary/aromatic N) is 2. The third-order valence-corrected chi connectivity index (χ3v) is 5.85. The van der Waals surface area contributed by atoms with Crippen molar-refractivity contribution in [3.05, 3.63) is 59.5 Å². The molecule has 0 spiro atoms. The maximum atomic E-state index is 12.7. The molecule has 3 aromatic rings. The van der Waals surface area contributed by atoms with E-state index in [9.17, 15) is 9.59 Å². The first-order valence-corrected chi connectivity index (χ1v) is 11.2. The number of aromatic nitrogens is 2. The molecule has 31 heavy (non-hydrogen) atoms. The normalized spacial score (nSPS) is 19.1. The lowest BCUT2D eigenvalue weighted by Gasteiger charge is -2.32. The van der Waals surface area contributed by atoms with Crippen LogP contribution in [0.15, 0.2) is 53.9 Å². The van der Waals surface area contributed by atoms with Gasteiger partial charge in [-0.15, -0.1) is 11.3 Å². The third kappa shape index (κ3) is 5.21. The molecule has 1 saturated heterocycles. The number of thiophene rings is 1. The lowest BCUT2D eigenvalue weighted by Crippen LogP contribution is -2.50. The van der Waals surface area contributed by atoms with Crippen LogP contribution in [0.3, 0.4) is 0 Å². The van der Waals surface area contributed by atoms with Gasteiger partial charge in [0.05, 0.1) is 4.88 Å². The summed E-state index contributed by atoms with van der Waals surface area (Å²) >= 11 is 1.58. The zero-order chi connectivity index (χ0) is 22.0. The predicted octanol–water partition coefficient (Wildman–Crippen LogP) is 4.29. The minimum absolute atomic E-state index is 0.0715. The van der Waals surface area contributed by atoms with Crippen molar-refractivity contribution in [3.63, 3.8) is 0 Å². The topological polar surface area (TPSA) is 88.1 Å². The SMILES string of the molecule is CC(C)(C)CC(=O)Nc1cc(-c2cccs2)nn1C1NC(=O)CC(c2ccccc2)N1. The van der Waals surface area contributed by atoms with Gasteiger partial charge in [-0.3, -0.25) is 14.9 Å². The van der Waals surface area contributed by atoms with Crippen molar-refractivity contribution in [2.75, 3.05) is 5.32 Å². The van der Waals surface area contributed by atoms with Crippen LogP contribution >= 0.6 is 11.3 Å². The molecule has 2 aromatic heterocycles. The lowest BCUT2D eigenvalue weighted by atomic mass is 9.92. The molecule has 1 aliphatic rings. The molecule has 0 radical (unpaired) electrons. The van der Waals surface area contributed by atoms with Gasteiger partial charge in [-0.1, -0.05) is 57.2 Å². The molecule has 0 bridgehead atoms. The molecule has 162 valence electrons. The van der Waals surface area contributed by atoms with Gasteiger partial charge in [0.15, 0.2) is 6.29 Å². The molecule has 7 nitrogen and oxygen atoms in total. The van der Waals surface area contributed by atoms with Crippen molar-refractivity contribution in [2.24, 2.45) is 5.41 Å². The van der Waals surface area contributed by atoms with E-state index in [1.807, 2.05) is 74.7 Å². The summed E-state index contributed by atoms with van der Waals surface area (Å²) in [6.45, 7) is 6.07. The van der Waals surface area contributed by atoms with Gasteiger partial charge in [0, 0.05) is 24.9 Å². The Labute approximate surface area is 185 Å². The van der Waals surface area contributed by atoms with Crippen LogP contribution in [-0.2, 0) is 9.59 Å². The lowest BCUT2D eigenvalue weighted by molar-refractivity contribution is -0.125. The molecule has 0 saturated carbocycles. The van der Waals surface area contributed by atoms with Crippen LogP contribution in [0.2, 0.25) is 0 Å². The quantitative estimate of drug-likeness (QED) is 0.556. The molecule has 3 N–H and O–H groups in total. The molecule has 8 heteroatoms. The third-order valence-electron chi connectivity index (χ3n) is 4.96. The minimum Gasteiger partial charge on any atom is -0.322 e. The summed E-state index contributed by atoms with van der Waals surface area (Å²) in [4.78, 5) is 26.2. The molecule has 0 aliphatic carbocycles. The Balaban J connectivity index is 1.65. The molecule has 3 heterocycles. The molecule has 2 unspecified atom stereocenters. The van der Waals surface area contributed by atoms with Crippen LogP contribution in [0.1, 0.15) is 51.5 Å². The van der Waals surface area contributed by atoms with Gasteiger partial charge in [0.25, 0.3) is 0 Å². The number of nitrogens with one attached hydrogen (secondary N) is 3. The Morgan fingerprint density at radius 2 is 2.00 bits per heavy atom. The minimum atomic E-state index is -0.579. The highest BCUT2D eigenvalue weighted by atomic mass is 32.1. The second kappa shape index (κ2) is 8.64. The van der Waals surface area contributed by atoms with E-state index in [1.165, 1.54) is 0 Å². The maximum Gasteiger partial charge on any atom is 0.226 e. The standard InChI is InChI=1S/C23H27N5O2S/c1-23(2,3)14-21(30)25-19-12-17(18-10-7-11-31-18)27-28(19)22-24-16(13-20(29)26-22)15-8-5-4-6-9-15/h4-12,16,22,24H,13-14H2,1-3H3,(H,25,30)(H,26,29). The van der Waals surface area contributed by atoms with E-state index in [-0.39, 0.29) is 23.3 Å². The van der Waals surface area contributed by atoms with Gasteiger partial charge in [-0.2, -0.15) is 5.10 Å². The Bertz CT molecular complexity index is 1050. The second-order valence-corrected chi connectivity index (χ2v) is 9.87. The summed E-state index contributed by atoms with van der Waals surface area (Å²) in [5.74, 6) is 0.384. The molecule has 1 fully saturated rings. The van der Waals surface area contributed by atoms with Crippen molar-refractivity contribution >= 4 is 29.0 Å². The Kier molecular flexibility index (Phi) is 5.93. The van der Waals surface area contributed by atoms with E-state index in [0.717, 1.165) is 16.1 Å². The first-order chi connectivity index (χ1) is 14.8. The van der Waals surface area contributed by atoms with Crippen LogP contribution in [0.25, 0.3) is 10.6 Å². The zero-order valence-corrected chi connectivity index (χ0v) is 18.7. The fourth-order valence-electron chi connectivity index (χ4n) is 3.62. The monoisotopic (exact) mass is 437 g/mol. The van der Waals surface area contributed by atoms with Crippen LogP contribution in [0, 0.1) is 5.41 Å². The molecule has 1 aliphatic heterocycles. The number of hydrogen-bond acceptors (Lipinski definition) is 5. The Morgan fingerprint density at radius 1 is 1.23 bits per heavy atom. The fourth-order valence-corrected chi connectivity index (χ4v) is 4.30. The molecular formula is C23H27N5O2S. The van der Waals surface area contributed by atoms with Gasteiger partial charge in [0.1, 0.15) is 11.5 Å². The Hall–Kier alpha value is -2.97. The fraction of sp³-hybridized carbons (Fsp3) is 0.348. The van der Waals surface area contributed by atoms with E-state index in [1.54, 1.807) is 16.0 Å². The number of rotatable bonds is 5. The van der Waals surface area contributed by atoms with E-state index < -0.39 is 6.29 Å². The number of benzene rings is 1. The summed E-state index contributed by atoms with van der Waals surface area (Å²) in [5, 5.41) is 16.1. The number of anilines is 1. The summed E-state index contributed by atoms with van der Waals surface area (Å²) in [5.41, 5.74) is 1.64. The van der Waals surface area contributed by atoms with E-state index in [4.69, 9.17) is 5.10 Å². The maximum absolute atomic E-state index is 12.7. The average molecular weight is 438 g/mol. The van der Waals surface area contributed by atoms with E-state index >= 15 is 0 Å². The van der Waals surface area contributed by atoms with Gasteiger partial charge >= 0.3 is 0 Å². The molecule has 2 amide bonds. The molecule has 1 aromatic carbocycles. The predicted molar refractivity (Wildman–Crippen MR) is 122 cm³/mol. The van der Waals surface area contributed by atoms with Crippen molar-refractivity contribution in [1.82, 2.24) is 20.4 Å². The highest BCUT2D eigenvalue weighted by molar-refractivity contribution is 7.13. The zero-order valence-electron chi connectivity index (χ0n) is 17.9. The summed E-state index contributed by atoms with van der Waals surface area (Å²) in [6, 6.07) is 15.5. The van der Waals surface area contributed by atoms with Crippen LogP contribution < -0.4 is 16.0 Å². The second-order valence-electron chi connectivity index (χ2n) is 8.93. The van der Waals surface area contributed by atoms with Crippen molar-refractivity contribution in [3.8, 4) is 10.6 Å². The van der Waals surface area contributed by atoms with Gasteiger partial charge in [0.2, 0.25) is 11.8 Å². The summed E-state index contributed by atoms with van der Waals surface area (Å²) < 4.78 is 1.66. The highest BCUT2D eigenvalue weighted by Gasteiger charge is 2.30. The van der Waals surface area contributed by atoms with Crippen LogP contribution in [0.4, 0.5) is 5.82 Å². The van der Waals surface area contributed by atoms with Gasteiger partial charge in [-0.05, 0) is 22.4 Å². The van der Waals surface area contributed by atoms with Crippen molar-refractivity contribution < 1.29 is 9.59 Å². The van der Waals surface area contributed by atoms with Crippen molar-refractivity contribution in [2.45, 2.75) is 45.9 Å². The molecule has 4 rings (SSSR count). The number of hydrogen-bond donors (Lipinski definition) is 3. The first kappa shape index (κ1) is 21.3.